The van der Waals surface area contributed by atoms with E-state index in [0.29, 0.717) is 0 Å². The molecule has 2 N–H and O–H groups in total. The smallest absolute Gasteiger partial charge is 0.273 e. The molecule has 0 aromatic heterocycles. The number of nitrogens with one attached hydrogen (secondary N) is 2. The highest BCUT2D eigenvalue weighted by Crippen LogP contribution is 2.64. The lowest BCUT2D eigenvalue weighted by atomic mass is 10.2. The normalized spacial score (nSPS) is 11.9. The molecule has 0 saturated heterocycles. The molecule has 0 rings (SSSR count). The predicted molar refractivity (Wildman–Crippen MR) is 94.8 cm³/mol. The Morgan fingerprint density at radius 3 is 1.59 bits per heavy atom. The zero-order valence-electron chi connectivity index (χ0n) is 13.0. The number of hydrogen-bond acceptors (Lipinski definition) is 11. The molecule has 0 unspecified atom stereocenters. The van der Waals surface area contributed by atoms with Gasteiger partial charge >= 0.3 is 5.92 Å². The predicted octanol–water partition coefficient (Wildman–Crippen LogP) is 3.68. The molecule has 170 valence electrons. The minimum Gasteiger partial charge on any atom is -0.273 e. The van der Waals surface area contributed by atoms with Gasteiger partial charge in [0.2, 0.25) is 13.4 Å². The largest absolute Gasteiger partial charge is 0.614 e. The monoisotopic (exact) mass is 536 g/mol. The van der Waals surface area contributed by atoms with E-state index in [0.717, 1.165) is 0 Å². The summed E-state index contributed by atoms with van der Waals surface area (Å²) in [6.45, 7) is 0. The van der Waals surface area contributed by atoms with Gasteiger partial charge in [0, 0.05) is 6.42 Å². The van der Waals surface area contributed by atoms with Gasteiger partial charge in [-0.05, 0) is 0 Å². The van der Waals surface area contributed by atoms with E-state index in [1.807, 2.05) is 0 Å². The van der Waals surface area contributed by atoms with Crippen molar-refractivity contribution in [2.75, 3.05) is 0 Å². The van der Waals surface area contributed by atoms with E-state index in [1.54, 1.807) is 0 Å². The lowest BCUT2D eigenvalue weighted by Gasteiger charge is -2.34. The molecule has 0 saturated carbocycles. The average molecular weight is 536 g/mol. The van der Waals surface area contributed by atoms with Crippen molar-refractivity contribution in [1.82, 2.24) is 10.9 Å². The van der Waals surface area contributed by atoms with Gasteiger partial charge < -0.3 is 0 Å². The Kier molecular flexibility index (Phi) is 13.2. The van der Waals surface area contributed by atoms with Crippen LogP contribution in [0.25, 0.3) is 0 Å². The van der Waals surface area contributed by atoms with E-state index < -0.39 is 109 Å². The lowest BCUT2D eigenvalue weighted by Crippen LogP contribution is -2.56. The van der Waals surface area contributed by atoms with E-state index >= 15 is 0 Å². The number of hydrazine groups is 1. The van der Waals surface area contributed by atoms with Crippen LogP contribution in [-0.2, 0) is 9.59 Å². The molecular formula is C7H7F7N4O6S5. The second kappa shape index (κ2) is 12.6. The number of rotatable bonds is 12. The fourth-order valence-electron chi connectivity index (χ4n) is 1.30. The molecule has 0 spiro atoms. The Morgan fingerprint density at radius 2 is 1.28 bits per heavy atom. The summed E-state index contributed by atoms with van der Waals surface area (Å²) in [5.74, 6) is -7.75. The van der Waals surface area contributed by atoms with Crippen molar-refractivity contribution >= 4 is 72.6 Å². The third kappa shape index (κ3) is 6.24. The summed E-state index contributed by atoms with van der Waals surface area (Å²) in [7, 11) is 0. The van der Waals surface area contributed by atoms with Crippen LogP contribution in [0.4, 0.5) is 28.5 Å². The molecule has 0 aliphatic carbocycles. The molecule has 0 bridgehead atoms. The van der Waals surface area contributed by atoms with Crippen LogP contribution >= 0.6 is 60.7 Å². The molecule has 0 heterocycles. The molecule has 2 amide bonds. The first-order valence-corrected chi connectivity index (χ1v) is 9.61. The molecule has 0 aliphatic rings. The molecule has 0 aromatic carbocycles. The molecule has 0 aromatic rings. The Hall–Kier alpha value is -1.00. The first-order valence-electron chi connectivity index (χ1n) is 6.02. The molecule has 10 nitrogen and oxygen atoms in total. The molecule has 0 atom stereocenters. The molecule has 22 heteroatoms. The summed E-state index contributed by atoms with van der Waals surface area (Å²) in [6, 6.07) is 0. The lowest BCUT2D eigenvalue weighted by molar-refractivity contribution is -0.832. The summed E-state index contributed by atoms with van der Waals surface area (Å²) in [5.41, 5.74) is 2.61. The van der Waals surface area contributed by atoms with Gasteiger partial charge in [-0.15, -0.1) is 0 Å². The van der Waals surface area contributed by atoms with Crippen LogP contribution in [0, 0.1) is 20.2 Å². The number of amides is 2. The number of nitrogens with zero attached hydrogens (tertiary/aromatic N) is 2. The van der Waals surface area contributed by atoms with Crippen molar-refractivity contribution in [1.29, 1.82) is 0 Å². The molecular weight excluding hydrogens is 529 g/mol. The topological polar surface area (TPSA) is 144 Å². The Morgan fingerprint density at radius 1 is 0.862 bits per heavy atom. The van der Waals surface area contributed by atoms with Crippen LogP contribution < -0.4 is 10.9 Å². The van der Waals surface area contributed by atoms with Crippen molar-refractivity contribution in [2.24, 2.45) is 0 Å². The molecule has 0 fully saturated rings. The SMILES string of the molecule is F.O=C(CCC(F)([N+](=O)[O-])[N+](=O)[O-])NNC(=O)C(SF)(SF)C(SF)(SF)SF. The number of nitro groups is 2. The van der Waals surface area contributed by atoms with Gasteiger partial charge in [0.15, 0.2) is 0 Å². The van der Waals surface area contributed by atoms with Crippen LogP contribution in [0.3, 0.4) is 0 Å². The number of carbonyl (C=O) groups excluding carboxylic acids is 2. The number of alkyl halides is 1. The highest BCUT2D eigenvalue weighted by atomic mass is 32.3. The van der Waals surface area contributed by atoms with Crippen molar-refractivity contribution in [3.05, 3.63) is 20.2 Å². The first-order chi connectivity index (χ1) is 13.0. The van der Waals surface area contributed by atoms with E-state index in [1.165, 1.54) is 10.9 Å². The van der Waals surface area contributed by atoms with Crippen LogP contribution in [-0.4, -0.2) is 35.1 Å². The molecule has 29 heavy (non-hydrogen) atoms. The van der Waals surface area contributed by atoms with Crippen molar-refractivity contribution in [3.63, 3.8) is 0 Å². The van der Waals surface area contributed by atoms with E-state index in [9.17, 15) is 53.6 Å². The minimum absolute atomic E-state index is 0. The highest BCUT2D eigenvalue weighted by molar-refractivity contribution is 8.33. The summed E-state index contributed by atoms with van der Waals surface area (Å²) >= 11 is -6.41. The summed E-state index contributed by atoms with van der Waals surface area (Å²) in [4.78, 5) is 40.2. The molecule has 0 aliphatic heterocycles. The van der Waals surface area contributed by atoms with E-state index in [-0.39, 0.29) is 4.70 Å². The Labute approximate surface area is 177 Å². The fraction of sp³-hybridized carbons (Fsp3) is 0.714. The van der Waals surface area contributed by atoms with Gasteiger partial charge in [-0.2, -0.15) is 19.4 Å². The average Bonchev–Trinajstić information content (AvgIpc) is 2.68. The minimum atomic E-state index is -4.23. The summed E-state index contributed by atoms with van der Waals surface area (Å²) < 4.78 is 71.8. The number of halogens is 7. The van der Waals surface area contributed by atoms with Gasteiger partial charge in [-0.1, -0.05) is 4.39 Å². The van der Waals surface area contributed by atoms with Gasteiger partial charge in [-0.25, -0.2) is 0 Å². The quantitative estimate of drug-likeness (QED) is 0.124. The maximum atomic E-state index is 13.5. The third-order valence-electron chi connectivity index (χ3n) is 2.77. The van der Waals surface area contributed by atoms with Crippen molar-refractivity contribution in [2.45, 2.75) is 26.2 Å². The van der Waals surface area contributed by atoms with Gasteiger partial charge in [0.05, 0.1) is 60.7 Å². The number of hydrogen-bond donors (Lipinski definition) is 2. The highest BCUT2D eigenvalue weighted by Gasteiger charge is 2.66. The van der Waals surface area contributed by atoms with E-state index in [4.69, 9.17) is 0 Å². The maximum absolute atomic E-state index is 13.5. The van der Waals surface area contributed by atoms with Crippen LogP contribution in [0.2, 0.25) is 0 Å². The van der Waals surface area contributed by atoms with Crippen LogP contribution in [0.5, 0.6) is 0 Å². The zero-order valence-corrected chi connectivity index (χ0v) is 17.1. The van der Waals surface area contributed by atoms with Crippen LogP contribution in [0.1, 0.15) is 12.8 Å². The van der Waals surface area contributed by atoms with Crippen molar-refractivity contribution in [3.8, 4) is 0 Å². The van der Waals surface area contributed by atoms with E-state index in [2.05, 4.69) is 0 Å². The maximum Gasteiger partial charge on any atom is 0.614 e. The second-order valence-corrected chi connectivity index (χ2v) is 9.16. The third-order valence-corrected chi connectivity index (χ3v) is 8.00. The molecule has 0 radical (unpaired) electrons. The van der Waals surface area contributed by atoms with Crippen LogP contribution in [0.15, 0.2) is 0 Å². The van der Waals surface area contributed by atoms with Gasteiger partial charge in [0.1, 0.15) is 16.3 Å². The fourth-order valence-corrected chi connectivity index (χ4v) is 3.83. The number of carbonyl (C=O) groups is 2. The summed E-state index contributed by atoms with van der Waals surface area (Å²) in [5, 5.41) is 20.7. The van der Waals surface area contributed by atoms with Crippen molar-refractivity contribution < 1.29 is 48.0 Å². The first kappa shape index (κ1) is 30.2. The Balaban J connectivity index is 0. The van der Waals surface area contributed by atoms with Gasteiger partial charge in [-0.3, -0.25) is 45.4 Å². The van der Waals surface area contributed by atoms with Gasteiger partial charge in [0.25, 0.3) is 5.91 Å². The standard InChI is InChI=1S/C7H6F6N4O6S5.FH/c8-5(16(20)21,17(22)23)2-1-3(18)14-15-4(19)6(24-9,25-10)7(26-11,27-12)28-13;/h1-2H2,(H,14,18)(H,15,19);1H. The second-order valence-electron chi connectivity index (χ2n) is 4.29. The summed E-state index contributed by atoms with van der Waals surface area (Å²) in [6.07, 6.45) is -2.86. The zero-order chi connectivity index (χ0) is 22.2. The Bertz CT molecular complexity index is 593.